The molecule has 0 atom stereocenters. The highest BCUT2D eigenvalue weighted by atomic mass is 19.1. The SMILES string of the molecule is CN1CCN(c2ccc(NC(=O)NCCc3ccc(F)cc3)cc2)CC1. The number of nitrogens with zero attached hydrogens (tertiary/aromatic N) is 2. The lowest BCUT2D eigenvalue weighted by molar-refractivity contribution is 0.252. The van der Waals surface area contributed by atoms with Crippen molar-refractivity contribution in [3.05, 3.63) is 59.9 Å². The molecule has 0 spiro atoms. The molecule has 5 nitrogen and oxygen atoms in total. The van der Waals surface area contributed by atoms with Crippen LogP contribution in [-0.4, -0.2) is 50.7 Å². The predicted octanol–water partition coefficient (Wildman–Crippen LogP) is 2.94. The Bertz CT molecular complexity index is 710. The molecular weight excluding hydrogens is 331 g/mol. The fourth-order valence-corrected chi connectivity index (χ4v) is 2.97. The quantitative estimate of drug-likeness (QED) is 0.866. The van der Waals surface area contributed by atoms with Crippen LogP contribution >= 0.6 is 0 Å². The summed E-state index contributed by atoms with van der Waals surface area (Å²) in [5.41, 5.74) is 2.94. The van der Waals surface area contributed by atoms with E-state index in [0.717, 1.165) is 37.4 Å². The first-order chi connectivity index (χ1) is 12.6. The minimum atomic E-state index is -0.250. The minimum absolute atomic E-state index is 0.237. The van der Waals surface area contributed by atoms with Crippen LogP contribution in [0.5, 0.6) is 0 Å². The number of urea groups is 1. The Hall–Kier alpha value is -2.60. The predicted molar refractivity (Wildman–Crippen MR) is 103 cm³/mol. The maximum Gasteiger partial charge on any atom is 0.319 e. The lowest BCUT2D eigenvalue weighted by atomic mass is 10.1. The monoisotopic (exact) mass is 356 g/mol. The number of hydrogen-bond donors (Lipinski definition) is 2. The van der Waals surface area contributed by atoms with Crippen LogP contribution in [0.1, 0.15) is 5.56 Å². The van der Waals surface area contributed by atoms with Crippen molar-refractivity contribution in [2.45, 2.75) is 6.42 Å². The van der Waals surface area contributed by atoms with Crippen LogP contribution in [0.25, 0.3) is 0 Å². The molecule has 0 aliphatic carbocycles. The van der Waals surface area contributed by atoms with Crippen LogP contribution in [0.2, 0.25) is 0 Å². The Morgan fingerprint density at radius 1 is 1.00 bits per heavy atom. The fourth-order valence-electron chi connectivity index (χ4n) is 2.97. The molecule has 0 saturated carbocycles. The summed E-state index contributed by atoms with van der Waals surface area (Å²) in [5.74, 6) is -0.250. The summed E-state index contributed by atoms with van der Waals surface area (Å²) >= 11 is 0. The number of rotatable bonds is 5. The molecule has 2 amide bonds. The highest BCUT2D eigenvalue weighted by Gasteiger charge is 2.14. The lowest BCUT2D eigenvalue weighted by Crippen LogP contribution is -2.44. The second-order valence-corrected chi connectivity index (χ2v) is 6.59. The van der Waals surface area contributed by atoms with E-state index in [4.69, 9.17) is 0 Å². The van der Waals surface area contributed by atoms with E-state index < -0.39 is 0 Å². The fraction of sp³-hybridized carbons (Fsp3) is 0.350. The van der Waals surface area contributed by atoms with Gasteiger partial charge in [0.05, 0.1) is 0 Å². The Morgan fingerprint density at radius 3 is 2.31 bits per heavy atom. The zero-order chi connectivity index (χ0) is 18.4. The highest BCUT2D eigenvalue weighted by molar-refractivity contribution is 5.89. The van der Waals surface area contributed by atoms with E-state index in [9.17, 15) is 9.18 Å². The highest BCUT2D eigenvalue weighted by Crippen LogP contribution is 2.19. The van der Waals surface area contributed by atoms with Crippen LogP contribution in [0.15, 0.2) is 48.5 Å². The molecule has 0 unspecified atom stereocenters. The van der Waals surface area contributed by atoms with Crippen molar-refractivity contribution in [2.75, 3.05) is 50.0 Å². The molecule has 0 radical (unpaired) electrons. The van der Waals surface area contributed by atoms with Gasteiger partial charge in [-0.25, -0.2) is 9.18 Å². The number of halogens is 1. The van der Waals surface area contributed by atoms with Crippen molar-refractivity contribution in [1.29, 1.82) is 0 Å². The number of piperazine rings is 1. The van der Waals surface area contributed by atoms with Crippen molar-refractivity contribution in [3.63, 3.8) is 0 Å². The molecule has 1 fully saturated rings. The first-order valence-corrected chi connectivity index (χ1v) is 8.93. The van der Waals surface area contributed by atoms with E-state index in [1.54, 1.807) is 12.1 Å². The Morgan fingerprint density at radius 2 is 1.65 bits per heavy atom. The van der Waals surface area contributed by atoms with Crippen LogP contribution in [0.4, 0.5) is 20.6 Å². The second kappa shape index (κ2) is 8.67. The van der Waals surface area contributed by atoms with E-state index in [1.165, 1.54) is 17.8 Å². The van der Waals surface area contributed by atoms with Crippen molar-refractivity contribution in [2.24, 2.45) is 0 Å². The normalized spacial score (nSPS) is 14.9. The number of anilines is 2. The lowest BCUT2D eigenvalue weighted by Gasteiger charge is -2.34. The summed E-state index contributed by atoms with van der Waals surface area (Å²) in [6.45, 7) is 4.67. The number of amides is 2. The number of carbonyl (C=O) groups is 1. The average Bonchev–Trinajstić information content (AvgIpc) is 2.65. The van der Waals surface area contributed by atoms with Gasteiger partial charge in [-0.1, -0.05) is 12.1 Å². The van der Waals surface area contributed by atoms with Gasteiger partial charge in [-0.05, 0) is 55.4 Å². The van der Waals surface area contributed by atoms with Gasteiger partial charge in [-0.3, -0.25) is 0 Å². The van der Waals surface area contributed by atoms with Gasteiger partial charge >= 0.3 is 6.03 Å². The summed E-state index contributed by atoms with van der Waals surface area (Å²) in [5, 5.41) is 5.66. The summed E-state index contributed by atoms with van der Waals surface area (Å²) < 4.78 is 12.9. The number of likely N-dealkylation sites (N-methyl/N-ethyl adjacent to an activating group) is 1. The number of carbonyl (C=O) groups excluding carboxylic acids is 1. The number of hydrogen-bond acceptors (Lipinski definition) is 3. The molecule has 3 rings (SSSR count). The minimum Gasteiger partial charge on any atom is -0.369 e. The molecule has 1 aliphatic rings. The van der Waals surface area contributed by atoms with Gasteiger partial charge in [-0.2, -0.15) is 0 Å². The maximum atomic E-state index is 12.9. The van der Waals surface area contributed by atoms with Gasteiger partial charge in [-0.15, -0.1) is 0 Å². The first kappa shape index (κ1) is 18.2. The maximum absolute atomic E-state index is 12.9. The molecule has 138 valence electrons. The van der Waals surface area contributed by atoms with E-state index >= 15 is 0 Å². The van der Waals surface area contributed by atoms with Gasteiger partial charge < -0.3 is 20.4 Å². The van der Waals surface area contributed by atoms with Crippen molar-refractivity contribution >= 4 is 17.4 Å². The van der Waals surface area contributed by atoms with Crippen LogP contribution < -0.4 is 15.5 Å². The third-order valence-electron chi connectivity index (χ3n) is 4.61. The van der Waals surface area contributed by atoms with Crippen LogP contribution in [0, 0.1) is 5.82 Å². The van der Waals surface area contributed by atoms with Crippen molar-refractivity contribution in [3.8, 4) is 0 Å². The smallest absolute Gasteiger partial charge is 0.319 e. The molecule has 26 heavy (non-hydrogen) atoms. The standard InChI is InChI=1S/C20H25FN4O/c1-24-12-14-25(15-13-24)19-8-6-18(7-9-19)23-20(26)22-11-10-16-2-4-17(21)5-3-16/h2-9H,10-15H2,1H3,(H2,22,23,26). The van der Waals surface area contributed by atoms with Gasteiger partial charge in [0, 0.05) is 44.1 Å². The van der Waals surface area contributed by atoms with E-state index in [2.05, 4.69) is 27.5 Å². The Labute approximate surface area is 153 Å². The molecule has 1 aliphatic heterocycles. The second-order valence-electron chi connectivity index (χ2n) is 6.59. The van der Waals surface area contributed by atoms with Gasteiger partial charge in [0.2, 0.25) is 0 Å². The Kier molecular flexibility index (Phi) is 6.07. The van der Waals surface area contributed by atoms with E-state index in [-0.39, 0.29) is 11.8 Å². The molecule has 0 bridgehead atoms. The summed E-state index contributed by atoms with van der Waals surface area (Å²) in [4.78, 5) is 16.7. The molecule has 0 aromatic heterocycles. The molecule has 1 heterocycles. The molecule has 2 aromatic carbocycles. The topological polar surface area (TPSA) is 47.6 Å². The van der Waals surface area contributed by atoms with Crippen LogP contribution in [0.3, 0.4) is 0 Å². The van der Waals surface area contributed by atoms with Gasteiger partial charge in [0.25, 0.3) is 0 Å². The average molecular weight is 356 g/mol. The summed E-state index contributed by atoms with van der Waals surface area (Å²) in [6, 6.07) is 14.0. The first-order valence-electron chi connectivity index (χ1n) is 8.93. The summed E-state index contributed by atoms with van der Waals surface area (Å²) in [7, 11) is 2.14. The molecule has 2 N–H and O–H groups in total. The molecular formula is C20H25FN4O. The zero-order valence-corrected chi connectivity index (χ0v) is 15.0. The van der Waals surface area contributed by atoms with Gasteiger partial charge in [0.15, 0.2) is 0 Å². The van der Waals surface area contributed by atoms with Crippen molar-refractivity contribution in [1.82, 2.24) is 10.2 Å². The Balaban J connectivity index is 1.43. The third kappa shape index (κ3) is 5.20. The third-order valence-corrected chi connectivity index (χ3v) is 4.61. The van der Waals surface area contributed by atoms with E-state index in [0.29, 0.717) is 13.0 Å². The van der Waals surface area contributed by atoms with E-state index in [1.807, 2.05) is 24.3 Å². The number of nitrogens with one attached hydrogen (secondary N) is 2. The largest absolute Gasteiger partial charge is 0.369 e. The number of benzene rings is 2. The van der Waals surface area contributed by atoms with Gasteiger partial charge in [0.1, 0.15) is 5.82 Å². The molecule has 6 heteroatoms. The molecule has 1 saturated heterocycles. The summed E-state index contributed by atoms with van der Waals surface area (Å²) in [6.07, 6.45) is 0.663. The zero-order valence-electron chi connectivity index (χ0n) is 15.0. The molecule has 2 aromatic rings. The van der Waals surface area contributed by atoms with Crippen molar-refractivity contribution < 1.29 is 9.18 Å². The van der Waals surface area contributed by atoms with Crippen LogP contribution in [-0.2, 0) is 6.42 Å².